The molecule has 1 atom stereocenters. The molecule has 20 heavy (non-hydrogen) atoms. The Bertz CT molecular complexity index is 534. The van der Waals surface area contributed by atoms with E-state index in [1.165, 1.54) is 11.0 Å². The molecular formula is C14H16F2N2O2. The Kier molecular flexibility index (Phi) is 4.32. The molecule has 6 heteroatoms. The van der Waals surface area contributed by atoms with E-state index in [0.717, 1.165) is 25.0 Å². The fourth-order valence-corrected chi connectivity index (χ4v) is 2.28. The number of benzene rings is 1. The van der Waals surface area contributed by atoms with E-state index in [-0.39, 0.29) is 5.69 Å². The lowest BCUT2D eigenvalue weighted by Crippen LogP contribution is -2.44. The van der Waals surface area contributed by atoms with E-state index in [9.17, 15) is 18.4 Å². The van der Waals surface area contributed by atoms with Crippen molar-refractivity contribution < 1.29 is 18.4 Å². The maximum Gasteiger partial charge on any atom is 0.313 e. The fraction of sp³-hybridized carbons (Fsp3) is 0.429. The van der Waals surface area contributed by atoms with Gasteiger partial charge in [-0.2, -0.15) is 0 Å². The summed E-state index contributed by atoms with van der Waals surface area (Å²) in [5, 5.41) is 2.29. The quantitative estimate of drug-likeness (QED) is 0.802. The summed E-state index contributed by atoms with van der Waals surface area (Å²) >= 11 is 0. The summed E-state index contributed by atoms with van der Waals surface area (Å²) in [4.78, 5) is 25.2. The molecule has 1 aliphatic heterocycles. The molecule has 1 fully saturated rings. The van der Waals surface area contributed by atoms with Crippen molar-refractivity contribution in [1.82, 2.24) is 4.90 Å². The highest BCUT2D eigenvalue weighted by Crippen LogP contribution is 2.17. The number of rotatable bonds is 1. The summed E-state index contributed by atoms with van der Waals surface area (Å²) in [6.07, 6.45) is 1.90. The van der Waals surface area contributed by atoms with Crippen molar-refractivity contribution in [1.29, 1.82) is 0 Å². The Labute approximate surface area is 115 Å². The molecule has 0 spiro atoms. The van der Waals surface area contributed by atoms with Crippen LogP contribution in [0.25, 0.3) is 0 Å². The Balaban J connectivity index is 2.00. The van der Waals surface area contributed by atoms with Gasteiger partial charge in [-0.05, 0) is 30.9 Å². The third-order valence-electron chi connectivity index (χ3n) is 3.32. The Hall–Kier alpha value is -1.98. The van der Waals surface area contributed by atoms with Crippen LogP contribution in [-0.2, 0) is 9.59 Å². The van der Waals surface area contributed by atoms with Crippen LogP contribution >= 0.6 is 0 Å². The number of halogens is 2. The molecule has 4 nitrogen and oxygen atoms in total. The molecule has 1 N–H and O–H groups in total. The van der Waals surface area contributed by atoms with Gasteiger partial charge < -0.3 is 10.2 Å². The predicted molar refractivity (Wildman–Crippen MR) is 70.0 cm³/mol. The van der Waals surface area contributed by atoms with Crippen LogP contribution < -0.4 is 5.32 Å². The first-order valence-electron chi connectivity index (χ1n) is 6.52. The summed E-state index contributed by atoms with van der Waals surface area (Å²) in [5.41, 5.74) is 0.0623. The summed E-state index contributed by atoms with van der Waals surface area (Å²) in [6, 6.07) is 2.96. The van der Waals surface area contributed by atoms with Gasteiger partial charge in [0.05, 0.1) is 0 Å². The van der Waals surface area contributed by atoms with Gasteiger partial charge in [-0.15, -0.1) is 0 Å². The van der Waals surface area contributed by atoms with E-state index in [1.807, 2.05) is 6.92 Å². The van der Waals surface area contributed by atoms with Gasteiger partial charge in [0.2, 0.25) is 0 Å². The number of anilines is 1. The van der Waals surface area contributed by atoms with Gasteiger partial charge in [-0.25, -0.2) is 8.78 Å². The number of amides is 2. The number of carbonyl (C=O) groups excluding carboxylic acids is 2. The zero-order valence-electron chi connectivity index (χ0n) is 11.2. The minimum Gasteiger partial charge on any atom is -0.334 e. The normalized spacial score (nSPS) is 18.8. The molecule has 1 unspecified atom stereocenters. The molecule has 108 valence electrons. The number of piperidine rings is 1. The van der Waals surface area contributed by atoms with Gasteiger partial charge in [0, 0.05) is 24.8 Å². The SMILES string of the molecule is CC1CCCN(C(=O)C(=O)Nc2ccc(F)c(F)c2)C1. The molecule has 2 rings (SSSR count). The van der Waals surface area contributed by atoms with E-state index >= 15 is 0 Å². The van der Waals surface area contributed by atoms with Crippen molar-refractivity contribution in [3.8, 4) is 0 Å². The van der Waals surface area contributed by atoms with E-state index < -0.39 is 23.4 Å². The van der Waals surface area contributed by atoms with Crippen LogP contribution in [0.15, 0.2) is 18.2 Å². The minimum absolute atomic E-state index is 0.0623. The molecule has 1 aliphatic rings. The average Bonchev–Trinajstić information content (AvgIpc) is 2.42. The second-order valence-electron chi connectivity index (χ2n) is 5.08. The van der Waals surface area contributed by atoms with E-state index in [2.05, 4.69) is 5.32 Å². The highest BCUT2D eigenvalue weighted by atomic mass is 19.2. The molecule has 2 amide bonds. The monoisotopic (exact) mass is 282 g/mol. The van der Waals surface area contributed by atoms with Crippen LogP contribution in [0.4, 0.5) is 14.5 Å². The van der Waals surface area contributed by atoms with Crippen molar-refractivity contribution in [2.24, 2.45) is 5.92 Å². The van der Waals surface area contributed by atoms with E-state index in [0.29, 0.717) is 19.0 Å². The van der Waals surface area contributed by atoms with Crippen LogP contribution in [0.3, 0.4) is 0 Å². The second-order valence-corrected chi connectivity index (χ2v) is 5.08. The van der Waals surface area contributed by atoms with Crippen LogP contribution in [0.1, 0.15) is 19.8 Å². The van der Waals surface area contributed by atoms with Gasteiger partial charge in [0.1, 0.15) is 0 Å². The van der Waals surface area contributed by atoms with Gasteiger partial charge in [-0.1, -0.05) is 6.92 Å². The lowest BCUT2D eigenvalue weighted by molar-refractivity contribution is -0.144. The molecule has 0 aromatic heterocycles. The molecule has 1 aromatic carbocycles. The first-order valence-corrected chi connectivity index (χ1v) is 6.52. The summed E-state index contributed by atoms with van der Waals surface area (Å²) in [7, 11) is 0. The van der Waals surface area contributed by atoms with Crippen LogP contribution in [0.5, 0.6) is 0 Å². The van der Waals surface area contributed by atoms with Crippen LogP contribution in [0.2, 0.25) is 0 Å². The van der Waals surface area contributed by atoms with Crippen LogP contribution in [-0.4, -0.2) is 29.8 Å². The topological polar surface area (TPSA) is 49.4 Å². The molecular weight excluding hydrogens is 266 g/mol. The minimum atomic E-state index is -1.07. The lowest BCUT2D eigenvalue weighted by atomic mass is 10.0. The third kappa shape index (κ3) is 3.31. The first kappa shape index (κ1) is 14.4. The average molecular weight is 282 g/mol. The predicted octanol–water partition coefficient (Wildman–Crippen LogP) is 2.16. The summed E-state index contributed by atoms with van der Waals surface area (Å²) < 4.78 is 25.8. The number of nitrogens with zero attached hydrogens (tertiary/aromatic N) is 1. The highest BCUT2D eigenvalue weighted by molar-refractivity contribution is 6.39. The molecule has 1 saturated heterocycles. The zero-order chi connectivity index (χ0) is 14.7. The Morgan fingerprint density at radius 1 is 1.30 bits per heavy atom. The maximum atomic E-state index is 13.0. The largest absolute Gasteiger partial charge is 0.334 e. The van der Waals surface area contributed by atoms with Gasteiger partial charge >= 0.3 is 11.8 Å². The summed E-state index contributed by atoms with van der Waals surface area (Å²) in [6.45, 7) is 3.12. The molecule has 1 aromatic rings. The molecule has 0 aliphatic carbocycles. The van der Waals surface area contributed by atoms with E-state index in [4.69, 9.17) is 0 Å². The first-order chi connectivity index (χ1) is 9.47. The third-order valence-corrected chi connectivity index (χ3v) is 3.32. The Morgan fingerprint density at radius 2 is 2.05 bits per heavy atom. The van der Waals surface area contributed by atoms with E-state index in [1.54, 1.807) is 0 Å². The number of carbonyl (C=O) groups is 2. The smallest absolute Gasteiger partial charge is 0.313 e. The van der Waals surface area contributed by atoms with Crippen molar-refractivity contribution >= 4 is 17.5 Å². The fourth-order valence-electron chi connectivity index (χ4n) is 2.28. The number of hydrogen-bond donors (Lipinski definition) is 1. The van der Waals surface area contributed by atoms with Crippen molar-refractivity contribution in [2.45, 2.75) is 19.8 Å². The molecule has 0 bridgehead atoms. The summed E-state index contributed by atoms with van der Waals surface area (Å²) in [5.74, 6) is -3.17. The standard InChI is InChI=1S/C14H16F2N2O2/c1-9-3-2-6-18(8-9)14(20)13(19)17-10-4-5-11(15)12(16)7-10/h4-5,7,9H,2-3,6,8H2,1H3,(H,17,19). The molecule has 0 saturated carbocycles. The second kappa shape index (κ2) is 5.98. The van der Waals surface area contributed by atoms with Crippen LogP contribution in [0, 0.1) is 17.6 Å². The lowest BCUT2D eigenvalue weighted by Gasteiger charge is -2.30. The number of hydrogen-bond acceptors (Lipinski definition) is 2. The maximum absolute atomic E-state index is 13.0. The van der Waals surface area contributed by atoms with Crippen molar-refractivity contribution in [2.75, 3.05) is 18.4 Å². The van der Waals surface area contributed by atoms with Gasteiger partial charge in [-0.3, -0.25) is 9.59 Å². The van der Waals surface area contributed by atoms with Crippen molar-refractivity contribution in [3.63, 3.8) is 0 Å². The Morgan fingerprint density at radius 3 is 2.70 bits per heavy atom. The van der Waals surface area contributed by atoms with Gasteiger partial charge in [0.15, 0.2) is 11.6 Å². The molecule has 0 radical (unpaired) electrons. The van der Waals surface area contributed by atoms with Gasteiger partial charge in [0.25, 0.3) is 0 Å². The highest BCUT2D eigenvalue weighted by Gasteiger charge is 2.26. The molecule has 1 heterocycles. The number of likely N-dealkylation sites (tertiary alicyclic amines) is 1. The number of nitrogens with one attached hydrogen (secondary N) is 1. The zero-order valence-corrected chi connectivity index (χ0v) is 11.2. The van der Waals surface area contributed by atoms with Crippen molar-refractivity contribution in [3.05, 3.63) is 29.8 Å².